The van der Waals surface area contributed by atoms with E-state index in [1.807, 2.05) is 37.3 Å². The molecule has 0 aliphatic carbocycles. The van der Waals surface area contributed by atoms with Gasteiger partial charge in [-0.15, -0.1) is 0 Å². The summed E-state index contributed by atoms with van der Waals surface area (Å²) < 4.78 is 10.7. The minimum absolute atomic E-state index is 0.387. The first kappa shape index (κ1) is 17.7. The van der Waals surface area contributed by atoms with Gasteiger partial charge in [-0.1, -0.05) is 29.8 Å². The summed E-state index contributed by atoms with van der Waals surface area (Å²) in [6.07, 6.45) is -0.576. The molecule has 1 heterocycles. The number of carbonyl (C=O) groups excluding carboxylic acids is 1. The number of amides is 1. The Kier molecular flexibility index (Phi) is 4.55. The summed E-state index contributed by atoms with van der Waals surface area (Å²) >= 11 is 0. The Morgan fingerprint density at radius 2 is 1.77 bits per heavy atom. The van der Waals surface area contributed by atoms with Crippen LogP contribution in [0.1, 0.15) is 26.3 Å². The third kappa shape index (κ3) is 3.94. The molecule has 0 bridgehead atoms. The lowest BCUT2D eigenvalue weighted by Gasteiger charge is -2.20. The van der Waals surface area contributed by atoms with E-state index in [1.54, 1.807) is 39.0 Å². The number of hydrogen-bond donors (Lipinski definition) is 1. The molecule has 0 spiro atoms. The first-order valence-electron chi connectivity index (χ1n) is 8.37. The highest BCUT2D eigenvalue weighted by Crippen LogP contribution is 2.29. The normalized spacial score (nSPS) is 11.4. The van der Waals surface area contributed by atoms with Crippen LogP contribution in [-0.2, 0) is 4.74 Å². The molecule has 0 aliphatic rings. The second-order valence-corrected chi connectivity index (χ2v) is 7.16. The predicted octanol–water partition coefficient (Wildman–Crippen LogP) is 5.12. The van der Waals surface area contributed by atoms with E-state index in [0.717, 1.165) is 10.9 Å². The number of ether oxygens (including phenoxy) is 1. The fourth-order valence-corrected chi connectivity index (χ4v) is 2.65. The van der Waals surface area contributed by atoms with Gasteiger partial charge in [0.05, 0.1) is 11.3 Å². The van der Waals surface area contributed by atoms with E-state index in [0.29, 0.717) is 22.4 Å². The molecule has 1 N–H and O–H groups in total. The molecule has 26 heavy (non-hydrogen) atoms. The fraction of sp³-hybridized carbons (Fsp3) is 0.238. The highest BCUT2D eigenvalue weighted by molar-refractivity contribution is 5.93. The fourth-order valence-electron chi connectivity index (χ4n) is 2.65. The third-order valence-corrected chi connectivity index (χ3v) is 3.74. The smallest absolute Gasteiger partial charge is 0.412 e. The average Bonchev–Trinajstić information content (AvgIpc) is 2.54. The lowest BCUT2D eigenvalue weighted by atomic mass is 10.0. The van der Waals surface area contributed by atoms with E-state index < -0.39 is 17.3 Å². The zero-order chi connectivity index (χ0) is 18.9. The molecule has 0 saturated carbocycles. The minimum atomic E-state index is -0.614. The van der Waals surface area contributed by atoms with Crippen LogP contribution >= 0.6 is 0 Å². The molecule has 0 unspecified atom stereocenters. The van der Waals surface area contributed by atoms with Gasteiger partial charge >= 0.3 is 11.7 Å². The Bertz CT molecular complexity index is 1030. The standard InChI is InChI=1S/C21H21NO4/c1-13-9-10-17(22-20(24)26-21(2,3)4)15(11-13)16-12-14-7-5-6-8-18(14)25-19(16)23/h5-12H,1-4H3,(H,22,24). The Morgan fingerprint density at radius 1 is 1.04 bits per heavy atom. The average molecular weight is 351 g/mol. The van der Waals surface area contributed by atoms with E-state index >= 15 is 0 Å². The Hall–Kier alpha value is -3.08. The topological polar surface area (TPSA) is 68.5 Å². The largest absolute Gasteiger partial charge is 0.444 e. The second-order valence-electron chi connectivity index (χ2n) is 7.16. The van der Waals surface area contributed by atoms with Crippen LogP contribution in [-0.4, -0.2) is 11.7 Å². The van der Waals surface area contributed by atoms with Crippen molar-refractivity contribution < 1.29 is 13.9 Å². The Morgan fingerprint density at radius 3 is 2.50 bits per heavy atom. The zero-order valence-electron chi connectivity index (χ0n) is 15.3. The van der Waals surface area contributed by atoms with Crippen LogP contribution in [0, 0.1) is 6.92 Å². The van der Waals surface area contributed by atoms with Gasteiger partial charge in [0.25, 0.3) is 0 Å². The first-order chi connectivity index (χ1) is 12.2. The van der Waals surface area contributed by atoms with Crippen LogP contribution in [0.3, 0.4) is 0 Å². The molecular weight excluding hydrogens is 330 g/mol. The van der Waals surface area contributed by atoms with E-state index in [2.05, 4.69) is 5.32 Å². The second kappa shape index (κ2) is 6.67. The summed E-state index contributed by atoms with van der Waals surface area (Å²) in [6, 6.07) is 14.5. The van der Waals surface area contributed by atoms with Gasteiger partial charge in [-0.3, -0.25) is 5.32 Å². The molecule has 0 aliphatic heterocycles. The van der Waals surface area contributed by atoms with Crippen LogP contribution in [0.5, 0.6) is 0 Å². The molecule has 134 valence electrons. The van der Waals surface area contributed by atoms with Gasteiger partial charge in [-0.2, -0.15) is 0 Å². The van der Waals surface area contributed by atoms with Gasteiger partial charge in [-0.05, 0) is 52.0 Å². The van der Waals surface area contributed by atoms with Crippen molar-refractivity contribution in [2.24, 2.45) is 0 Å². The maximum absolute atomic E-state index is 12.5. The number of carbonyl (C=O) groups is 1. The van der Waals surface area contributed by atoms with Gasteiger partial charge in [0, 0.05) is 10.9 Å². The number of rotatable bonds is 2. The van der Waals surface area contributed by atoms with Crippen molar-refractivity contribution in [3.05, 3.63) is 64.5 Å². The van der Waals surface area contributed by atoms with Gasteiger partial charge < -0.3 is 9.15 Å². The van der Waals surface area contributed by atoms with Crippen molar-refractivity contribution in [1.82, 2.24) is 0 Å². The molecule has 1 amide bonds. The van der Waals surface area contributed by atoms with E-state index in [1.165, 1.54) is 0 Å². The molecule has 3 rings (SSSR count). The molecule has 0 saturated heterocycles. The predicted molar refractivity (Wildman–Crippen MR) is 103 cm³/mol. The van der Waals surface area contributed by atoms with Crippen LogP contribution in [0.2, 0.25) is 0 Å². The Balaban J connectivity index is 2.08. The number of para-hydroxylation sites is 1. The van der Waals surface area contributed by atoms with Crippen LogP contribution in [0.25, 0.3) is 22.1 Å². The van der Waals surface area contributed by atoms with Crippen molar-refractivity contribution in [1.29, 1.82) is 0 Å². The molecule has 1 aromatic heterocycles. The lowest BCUT2D eigenvalue weighted by molar-refractivity contribution is 0.0636. The lowest BCUT2D eigenvalue weighted by Crippen LogP contribution is -2.27. The molecule has 0 atom stereocenters. The highest BCUT2D eigenvalue weighted by atomic mass is 16.6. The van der Waals surface area contributed by atoms with Crippen molar-refractivity contribution in [2.45, 2.75) is 33.3 Å². The summed E-state index contributed by atoms with van der Waals surface area (Å²) in [4.78, 5) is 24.7. The summed E-state index contributed by atoms with van der Waals surface area (Å²) in [6.45, 7) is 7.30. The number of fused-ring (bicyclic) bond motifs is 1. The van der Waals surface area contributed by atoms with E-state index in [9.17, 15) is 9.59 Å². The zero-order valence-corrected chi connectivity index (χ0v) is 15.3. The molecule has 0 fully saturated rings. The molecule has 5 heteroatoms. The van der Waals surface area contributed by atoms with Crippen molar-refractivity contribution in [2.75, 3.05) is 5.32 Å². The van der Waals surface area contributed by atoms with Gasteiger partial charge in [0.15, 0.2) is 0 Å². The first-order valence-corrected chi connectivity index (χ1v) is 8.37. The van der Waals surface area contributed by atoms with Crippen LogP contribution in [0.15, 0.2) is 57.7 Å². The molecular formula is C21H21NO4. The highest BCUT2D eigenvalue weighted by Gasteiger charge is 2.19. The number of anilines is 1. The monoisotopic (exact) mass is 351 g/mol. The van der Waals surface area contributed by atoms with E-state index in [-0.39, 0.29) is 0 Å². The third-order valence-electron chi connectivity index (χ3n) is 3.74. The van der Waals surface area contributed by atoms with Crippen molar-refractivity contribution in [3.63, 3.8) is 0 Å². The van der Waals surface area contributed by atoms with Crippen molar-refractivity contribution >= 4 is 22.7 Å². The molecule has 0 radical (unpaired) electrons. The minimum Gasteiger partial charge on any atom is -0.444 e. The summed E-state index contributed by atoms with van der Waals surface area (Å²) in [5.41, 5.74) is 1.89. The van der Waals surface area contributed by atoms with Crippen LogP contribution < -0.4 is 10.9 Å². The quantitative estimate of drug-likeness (QED) is 0.651. The molecule has 5 nitrogen and oxygen atoms in total. The number of hydrogen-bond acceptors (Lipinski definition) is 4. The maximum atomic E-state index is 12.5. The molecule has 3 aromatic rings. The van der Waals surface area contributed by atoms with E-state index in [4.69, 9.17) is 9.15 Å². The van der Waals surface area contributed by atoms with Crippen LogP contribution in [0.4, 0.5) is 10.5 Å². The maximum Gasteiger partial charge on any atom is 0.412 e. The summed E-state index contributed by atoms with van der Waals surface area (Å²) in [7, 11) is 0. The molecule has 2 aromatic carbocycles. The number of nitrogens with one attached hydrogen (secondary N) is 1. The Labute approximate surface area is 151 Å². The summed E-state index contributed by atoms with van der Waals surface area (Å²) in [5, 5.41) is 3.54. The van der Waals surface area contributed by atoms with Gasteiger partial charge in [0.1, 0.15) is 11.2 Å². The number of benzene rings is 2. The number of aryl methyl sites for hydroxylation is 1. The van der Waals surface area contributed by atoms with Gasteiger partial charge in [0.2, 0.25) is 0 Å². The summed E-state index contributed by atoms with van der Waals surface area (Å²) in [5.74, 6) is 0. The van der Waals surface area contributed by atoms with Crippen molar-refractivity contribution in [3.8, 4) is 11.1 Å². The van der Waals surface area contributed by atoms with Gasteiger partial charge in [-0.25, -0.2) is 9.59 Å². The SMILES string of the molecule is Cc1ccc(NC(=O)OC(C)(C)C)c(-c2cc3ccccc3oc2=O)c1.